The van der Waals surface area contributed by atoms with Gasteiger partial charge in [-0.3, -0.25) is 4.68 Å². The molecule has 1 atom stereocenters. The lowest BCUT2D eigenvalue weighted by Gasteiger charge is -2.13. The van der Waals surface area contributed by atoms with E-state index in [1.165, 1.54) is 11.1 Å². The zero-order valence-corrected chi connectivity index (χ0v) is 17.1. The van der Waals surface area contributed by atoms with Crippen LogP contribution in [0.25, 0.3) is 0 Å². The summed E-state index contributed by atoms with van der Waals surface area (Å²) in [6, 6.07) is 8.20. The minimum Gasteiger partial charge on any atom is -0.488 e. The second kappa shape index (κ2) is 9.65. The Bertz CT molecular complexity index is 675. The summed E-state index contributed by atoms with van der Waals surface area (Å²) in [7, 11) is 0. The standard InChI is InChI=1S/C18H25N5O.HI/c1-3-19-18(20-8-9-23-13-14(2)11-22-23)21-12-16-10-15-6-4-5-7-17(15)24-16;/h4-7,11,13,16H,3,8-10,12H2,1-2H3,(H2,19,20,21);1H. The Hall–Kier alpha value is -1.77. The number of fused-ring (bicyclic) bond motifs is 1. The summed E-state index contributed by atoms with van der Waals surface area (Å²) < 4.78 is 7.87. The summed E-state index contributed by atoms with van der Waals surface area (Å²) in [5.74, 6) is 1.81. The number of benzene rings is 1. The highest BCUT2D eigenvalue weighted by Crippen LogP contribution is 2.28. The summed E-state index contributed by atoms with van der Waals surface area (Å²) >= 11 is 0. The Kier molecular flexibility index (Phi) is 7.54. The molecular weight excluding hydrogens is 429 g/mol. The van der Waals surface area contributed by atoms with Crippen LogP contribution >= 0.6 is 24.0 Å². The number of aryl methyl sites for hydroxylation is 1. The quantitative estimate of drug-likeness (QED) is 0.399. The summed E-state index contributed by atoms with van der Waals surface area (Å²) in [6.45, 7) is 7.17. The number of ether oxygens (including phenoxy) is 1. The van der Waals surface area contributed by atoms with Gasteiger partial charge in [-0.1, -0.05) is 18.2 Å². The fourth-order valence-electron chi connectivity index (χ4n) is 2.77. The van der Waals surface area contributed by atoms with Crippen LogP contribution < -0.4 is 15.4 Å². The number of aromatic nitrogens is 2. The maximum atomic E-state index is 5.94. The van der Waals surface area contributed by atoms with Crippen LogP contribution in [0.15, 0.2) is 41.7 Å². The number of nitrogens with one attached hydrogen (secondary N) is 2. The van der Waals surface area contributed by atoms with E-state index in [4.69, 9.17) is 4.74 Å². The van der Waals surface area contributed by atoms with Gasteiger partial charge in [0.05, 0.1) is 19.3 Å². The molecule has 2 aromatic rings. The van der Waals surface area contributed by atoms with Gasteiger partial charge in [-0.15, -0.1) is 24.0 Å². The Morgan fingerprint density at radius 1 is 1.36 bits per heavy atom. The molecule has 1 aromatic carbocycles. The molecule has 0 saturated heterocycles. The van der Waals surface area contributed by atoms with Gasteiger partial charge >= 0.3 is 0 Å². The number of aliphatic imine (C=N–C) groups is 1. The second-order valence-electron chi connectivity index (χ2n) is 5.98. The van der Waals surface area contributed by atoms with Gasteiger partial charge in [0.1, 0.15) is 11.9 Å². The molecular formula is C18H26IN5O. The highest BCUT2D eigenvalue weighted by Gasteiger charge is 2.21. The van der Waals surface area contributed by atoms with E-state index < -0.39 is 0 Å². The first-order chi connectivity index (χ1) is 11.7. The van der Waals surface area contributed by atoms with Crippen molar-refractivity contribution in [2.24, 2.45) is 4.99 Å². The fourth-order valence-corrected chi connectivity index (χ4v) is 2.77. The summed E-state index contributed by atoms with van der Waals surface area (Å²) in [4.78, 5) is 4.65. The van der Waals surface area contributed by atoms with Crippen molar-refractivity contribution in [2.45, 2.75) is 32.9 Å². The molecule has 2 N–H and O–H groups in total. The lowest BCUT2D eigenvalue weighted by molar-refractivity contribution is 0.241. The van der Waals surface area contributed by atoms with E-state index in [2.05, 4.69) is 39.8 Å². The average Bonchev–Trinajstić information content (AvgIpc) is 3.18. The van der Waals surface area contributed by atoms with E-state index in [0.717, 1.165) is 37.8 Å². The van der Waals surface area contributed by atoms with Crippen molar-refractivity contribution in [3.63, 3.8) is 0 Å². The maximum Gasteiger partial charge on any atom is 0.191 e. The van der Waals surface area contributed by atoms with Gasteiger partial charge in [0, 0.05) is 25.7 Å². The van der Waals surface area contributed by atoms with Crippen molar-refractivity contribution >= 4 is 29.9 Å². The third kappa shape index (κ3) is 5.62. The Morgan fingerprint density at radius 2 is 2.20 bits per heavy atom. The summed E-state index contributed by atoms with van der Waals surface area (Å²) in [6.07, 6.45) is 4.95. The molecule has 1 aromatic heterocycles. The van der Waals surface area contributed by atoms with Crippen molar-refractivity contribution in [2.75, 3.05) is 19.6 Å². The number of nitrogens with zero attached hydrogens (tertiary/aromatic N) is 3. The van der Waals surface area contributed by atoms with E-state index in [-0.39, 0.29) is 30.1 Å². The molecule has 7 heteroatoms. The Labute approximate surface area is 166 Å². The third-order valence-corrected chi connectivity index (χ3v) is 3.91. The number of para-hydroxylation sites is 1. The van der Waals surface area contributed by atoms with Crippen LogP contribution in [0.3, 0.4) is 0 Å². The molecule has 0 aliphatic carbocycles. The van der Waals surface area contributed by atoms with Crippen molar-refractivity contribution in [1.29, 1.82) is 0 Å². The number of rotatable bonds is 6. The molecule has 2 heterocycles. The third-order valence-electron chi connectivity index (χ3n) is 3.91. The van der Waals surface area contributed by atoms with Crippen molar-refractivity contribution in [1.82, 2.24) is 20.4 Å². The van der Waals surface area contributed by atoms with Gasteiger partial charge in [0.25, 0.3) is 0 Å². The lowest BCUT2D eigenvalue weighted by atomic mass is 10.1. The van der Waals surface area contributed by atoms with Crippen molar-refractivity contribution < 1.29 is 4.74 Å². The van der Waals surface area contributed by atoms with Crippen LogP contribution in [0.1, 0.15) is 18.1 Å². The van der Waals surface area contributed by atoms with Gasteiger partial charge in [0.2, 0.25) is 0 Å². The van der Waals surface area contributed by atoms with E-state index in [9.17, 15) is 0 Å². The molecule has 1 unspecified atom stereocenters. The molecule has 0 saturated carbocycles. The Morgan fingerprint density at radius 3 is 2.92 bits per heavy atom. The van der Waals surface area contributed by atoms with Crippen LogP contribution in [-0.2, 0) is 13.0 Å². The van der Waals surface area contributed by atoms with Gasteiger partial charge in [-0.25, -0.2) is 4.99 Å². The predicted octanol–water partition coefficient (Wildman–Crippen LogP) is 2.37. The molecule has 25 heavy (non-hydrogen) atoms. The number of guanidine groups is 1. The Balaban J connectivity index is 0.00000225. The van der Waals surface area contributed by atoms with Crippen LogP contribution in [0.2, 0.25) is 0 Å². The van der Waals surface area contributed by atoms with Gasteiger partial charge in [-0.2, -0.15) is 5.10 Å². The minimum atomic E-state index is 0. The van der Waals surface area contributed by atoms with Gasteiger partial charge < -0.3 is 15.4 Å². The first-order valence-corrected chi connectivity index (χ1v) is 8.50. The molecule has 0 fully saturated rings. The smallest absolute Gasteiger partial charge is 0.191 e. The minimum absolute atomic E-state index is 0. The molecule has 0 bridgehead atoms. The van der Waals surface area contributed by atoms with E-state index in [1.54, 1.807) is 0 Å². The van der Waals surface area contributed by atoms with Crippen molar-refractivity contribution in [3.8, 4) is 5.75 Å². The predicted molar refractivity (Wildman–Crippen MR) is 111 cm³/mol. The number of halogens is 1. The topological polar surface area (TPSA) is 63.5 Å². The van der Waals surface area contributed by atoms with E-state index >= 15 is 0 Å². The van der Waals surface area contributed by atoms with Crippen LogP contribution in [0, 0.1) is 6.92 Å². The summed E-state index contributed by atoms with van der Waals surface area (Å²) in [5, 5.41) is 10.9. The molecule has 0 amide bonds. The molecule has 3 rings (SSSR count). The van der Waals surface area contributed by atoms with Crippen molar-refractivity contribution in [3.05, 3.63) is 47.8 Å². The van der Waals surface area contributed by atoms with Crippen LogP contribution in [0.4, 0.5) is 0 Å². The maximum absolute atomic E-state index is 5.94. The molecule has 0 radical (unpaired) electrons. The second-order valence-corrected chi connectivity index (χ2v) is 5.98. The summed E-state index contributed by atoms with van der Waals surface area (Å²) in [5.41, 5.74) is 2.44. The van der Waals surface area contributed by atoms with Gasteiger partial charge in [-0.05, 0) is 31.0 Å². The molecule has 0 spiro atoms. The van der Waals surface area contributed by atoms with Crippen LogP contribution in [-0.4, -0.2) is 41.5 Å². The highest BCUT2D eigenvalue weighted by molar-refractivity contribution is 14.0. The molecule has 1 aliphatic rings. The first-order valence-electron chi connectivity index (χ1n) is 8.50. The fraction of sp³-hybridized carbons (Fsp3) is 0.444. The lowest BCUT2D eigenvalue weighted by Crippen LogP contribution is -2.39. The SMILES string of the molecule is CCNC(=NCC1Cc2ccccc2O1)NCCn1cc(C)cn1.I. The molecule has 136 valence electrons. The molecule has 1 aliphatic heterocycles. The van der Waals surface area contributed by atoms with E-state index in [0.29, 0.717) is 6.54 Å². The van der Waals surface area contributed by atoms with E-state index in [1.807, 2.05) is 36.1 Å². The average molecular weight is 455 g/mol. The zero-order valence-electron chi connectivity index (χ0n) is 14.7. The molecule has 6 nitrogen and oxygen atoms in total. The van der Waals surface area contributed by atoms with Gasteiger partial charge in [0.15, 0.2) is 5.96 Å². The van der Waals surface area contributed by atoms with Crippen LogP contribution in [0.5, 0.6) is 5.75 Å². The number of hydrogen-bond donors (Lipinski definition) is 2. The monoisotopic (exact) mass is 455 g/mol. The number of hydrogen-bond acceptors (Lipinski definition) is 3. The largest absolute Gasteiger partial charge is 0.488 e. The zero-order chi connectivity index (χ0) is 16.8. The first kappa shape index (κ1) is 19.6. The highest BCUT2D eigenvalue weighted by atomic mass is 127. The normalized spacial score (nSPS) is 15.9.